The maximum Gasteiger partial charge on any atom is 0.224 e. The molecule has 0 aliphatic rings. The van der Waals surface area contributed by atoms with E-state index in [1.807, 2.05) is 13.8 Å². The fraction of sp³-hybridized carbons (Fsp3) is 0.857. The highest BCUT2D eigenvalue weighted by Gasteiger charge is 2.23. The number of hydrogen-bond acceptors (Lipinski definition) is 3. The second-order valence-electron chi connectivity index (χ2n) is 6.46. The van der Waals surface area contributed by atoms with E-state index in [4.69, 9.17) is 5.73 Å². The summed E-state index contributed by atoms with van der Waals surface area (Å²) in [5.41, 5.74) is 5.70. The van der Waals surface area contributed by atoms with Gasteiger partial charge in [0.1, 0.15) is 0 Å². The molecule has 0 heterocycles. The molecule has 112 valence electrons. The molecule has 0 aromatic rings. The molecule has 0 bridgehead atoms. The SMILES string of the molecule is CC(C)NC(=O)CCNC(=O)C(CN)CC(C)(C)C. The number of rotatable bonds is 7. The summed E-state index contributed by atoms with van der Waals surface area (Å²) < 4.78 is 0. The normalized spacial score (nSPS) is 13.2. The zero-order valence-corrected chi connectivity index (χ0v) is 12.9. The lowest BCUT2D eigenvalue weighted by Crippen LogP contribution is -2.39. The molecule has 5 nitrogen and oxygen atoms in total. The first kappa shape index (κ1) is 17.9. The summed E-state index contributed by atoms with van der Waals surface area (Å²) >= 11 is 0. The molecule has 1 atom stereocenters. The number of nitrogens with two attached hydrogens (primary N) is 1. The van der Waals surface area contributed by atoms with Crippen molar-refractivity contribution in [2.24, 2.45) is 17.1 Å². The van der Waals surface area contributed by atoms with Crippen molar-refractivity contribution in [2.75, 3.05) is 13.1 Å². The van der Waals surface area contributed by atoms with E-state index in [-0.39, 0.29) is 29.2 Å². The van der Waals surface area contributed by atoms with Gasteiger partial charge in [-0.3, -0.25) is 9.59 Å². The summed E-state index contributed by atoms with van der Waals surface area (Å²) in [5, 5.41) is 5.56. The quantitative estimate of drug-likeness (QED) is 0.646. The van der Waals surface area contributed by atoms with Crippen LogP contribution in [0.15, 0.2) is 0 Å². The predicted molar refractivity (Wildman–Crippen MR) is 77.5 cm³/mol. The van der Waals surface area contributed by atoms with Gasteiger partial charge in [0.15, 0.2) is 0 Å². The van der Waals surface area contributed by atoms with Gasteiger partial charge in [-0.1, -0.05) is 20.8 Å². The molecule has 0 saturated heterocycles. The van der Waals surface area contributed by atoms with Crippen LogP contribution in [0.3, 0.4) is 0 Å². The number of amides is 2. The van der Waals surface area contributed by atoms with E-state index in [0.29, 0.717) is 19.5 Å². The third-order valence-corrected chi connectivity index (χ3v) is 2.62. The van der Waals surface area contributed by atoms with E-state index in [1.54, 1.807) is 0 Å². The fourth-order valence-corrected chi connectivity index (χ4v) is 1.86. The zero-order chi connectivity index (χ0) is 15.1. The van der Waals surface area contributed by atoms with Gasteiger partial charge in [0.25, 0.3) is 0 Å². The summed E-state index contributed by atoms with van der Waals surface area (Å²) in [6.45, 7) is 10.8. The molecule has 5 heteroatoms. The number of carbonyl (C=O) groups excluding carboxylic acids is 2. The van der Waals surface area contributed by atoms with Crippen LogP contribution in [0, 0.1) is 11.3 Å². The third kappa shape index (κ3) is 9.47. The van der Waals surface area contributed by atoms with E-state index in [0.717, 1.165) is 6.42 Å². The molecule has 2 amide bonds. The Hall–Kier alpha value is -1.10. The van der Waals surface area contributed by atoms with E-state index in [2.05, 4.69) is 31.4 Å². The molecule has 19 heavy (non-hydrogen) atoms. The Morgan fingerprint density at radius 2 is 1.79 bits per heavy atom. The van der Waals surface area contributed by atoms with Crippen molar-refractivity contribution in [3.63, 3.8) is 0 Å². The lowest BCUT2D eigenvalue weighted by molar-refractivity contribution is -0.126. The first-order chi connectivity index (χ1) is 8.65. The lowest BCUT2D eigenvalue weighted by atomic mass is 9.84. The molecule has 0 aliphatic heterocycles. The Morgan fingerprint density at radius 3 is 2.21 bits per heavy atom. The van der Waals surface area contributed by atoms with E-state index >= 15 is 0 Å². The minimum atomic E-state index is -0.187. The van der Waals surface area contributed by atoms with Gasteiger partial charge in [-0.2, -0.15) is 0 Å². The molecular formula is C14H29N3O2. The summed E-state index contributed by atoms with van der Waals surface area (Å²) in [7, 11) is 0. The second-order valence-corrected chi connectivity index (χ2v) is 6.46. The van der Waals surface area contributed by atoms with Crippen LogP contribution < -0.4 is 16.4 Å². The second kappa shape index (κ2) is 8.15. The lowest BCUT2D eigenvalue weighted by Gasteiger charge is -2.24. The average molecular weight is 271 g/mol. The molecule has 4 N–H and O–H groups in total. The fourth-order valence-electron chi connectivity index (χ4n) is 1.86. The molecule has 0 aliphatic carbocycles. The summed E-state index contributed by atoms with van der Waals surface area (Å²) in [5.74, 6) is -0.293. The molecular weight excluding hydrogens is 242 g/mol. The van der Waals surface area contributed by atoms with Gasteiger partial charge in [0.05, 0.1) is 5.92 Å². The summed E-state index contributed by atoms with van der Waals surface area (Å²) in [6, 6.07) is 0.126. The Morgan fingerprint density at radius 1 is 1.21 bits per heavy atom. The van der Waals surface area contributed by atoms with Crippen LogP contribution in [-0.2, 0) is 9.59 Å². The Kier molecular flexibility index (Phi) is 7.68. The first-order valence-corrected chi connectivity index (χ1v) is 6.93. The van der Waals surface area contributed by atoms with Crippen molar-refractivity contribution in [3.8, 4) is 0 Å². The van der Waals surface area contributed by atoms with Gasteiger partial charge >= 0.3 is 0 Å². The standard InChI is InChI=1S/C14H29N3O2/c1-10(2)17-12(18)6-7-16-13(19)11(9-15)8-14(3,4)5/h10-11H,6-9,15H2,1-5H3,(H,16,19)(H,17,18). The predicted octanol–water partition coefficient (Wildman–Crippen LogP) is 1.03. The maximum atomic E-state index is 11.9. The van der Waals surface area contributed by atoms with Gasteiger partial charge in [0.2, 0.25) is 11.8 Å². The highest BCUT2D eigenvalue weighted by Crippen LogP contribution is 2.23. The van der Waals surface area contributed by atoms with E-state index in [1.165, 1.54) is 0 Å². The minimum absolute atomic E-state index is 0.0459. The zero-order valence-electron chi connectivity index (χ0n) is 12.9. The Balaban J connectivity index is 4.05. The molecule has 0 radical (unpaired) electrons. The minimum Gasteiger partial charge on any atom is -0.355 e. The number of nitrogens with one attached hydrogen (secondary N) is 2. The van der Waals surface area contributed by atoms with Crippen LogP contribution >= 0.6 is 0 Å². The molecule has 0 saturated carbocycles. The van der Waals surface area contributed by atoms with E-state index in [9.17, 15) is 9.59 Å². The molecule has 0 rings (SSSR count). The highest BCUT2D eigenvalue weighted by atomic mass is 16.2. The van der Waals surface area contributed by atoms with Crippen molar-refractivity contribution in [2.45, 2.75) is 53.5 Å². The largest absolute Gasteiger partial charge is 0.355 e. The van der Waals surface area contributed by atoms with Gasteiger partial charge in [0, 0.05) is 25.6 Å². The first-order valence-electron chi connectivity index (χ1n) is 6.93. The van der Waals surface area contributed by atoms with Gasteiger partial charge in [-0.05, 0) is 25.7 Å². The van der Waals surface area contributed by atoms with Crippen molar-refractivity contribution in [3.05, 3.63) is 0 Å². The van der Waals surface area contributed by atoms with Gasteiger partial charge in [-0.25, -0.2) is 0 Å². The number of carbonyl (C=O) groups is 2. The van der Waals surface area contributed by atoms with Gasteiger partial charge in [-0.15, -0.1) is 0 Å². The molecule has 0 aromatic heterocycles. The van der Waals surface area contributed by atoms with Crippen LogP contribution in [-0.4, -0.2) is 30.9 Å². The molecule has 0 spiro atoms. The maximum absolute atomic E-state index is 11.9. The van der Waals surface area contributed by atoms with Crippen LogP contribution in [0.2, 0.25) is 0 Å². The van der Waals surface area contributed by atoms with Crippen molar-refractivity contribution in [1.82, 2.24) is 10.6 Å². The molecule has 1 unspecified atom stereocenters. The summed E-state index contributed by atoms with van der Waals surface area (Å²) in [4.78, 5) is 23.3. The van der Waals surface area contributed by atoms with Crippen LogP contribution in [0.1, 0.15) is 47.5 Å². The smallest absolute Gasteiger partial charge is 0.224 e. The van der Waals surface area contributed by atoms with Crippen molar-refractivity contribution in [1.29, 1.82) is 0 Å². The van der Waals surface area contributed by atoms with Gasteiger partial charge < -0.3 is 16.4 Å². The van der Waals surface area contributed by atoms with Crippen molar-refractivity contribution < 1.29 is 9.59 Å². The molecule has 0 aromatic carbocycles. The van der Waals surface area contributed by atoms with Crippen LogP contribution in [0.5, 0.6) is 0 Å². The van der Waals surface area contributed by atoms with E-state index < -0.39 is 0 Å². The number of hydrogen-bond donors (Lipinski definition) is 3. The Labute approximate surface area is 116 Å². The Bertz CT molecular complexity index is 296. The van der Waals surface area contributed by atoms with Crippen molar-refractivity contribution >= 4 is 11.8 Å². The van der Waals surface area contributed by atoms with Crippen LogP contribution in [0.4, 0.5) is 0 Å². The third-order valence-electron chi connectivity index (χ3n) is 2.62. The summed E-state index contributed by atoms with van der Waals surface area (Å²) in [6.07, 6.45) is 1.05. The molecule has 0 fully saturated rings. The average Bonchev–Trinajstić information content (AvgIpc) is 2.23. The van der Waals surface area contributed by atoms with Crippen LogP contribution in [0.25, 0.3) is 0 Å². The topological polar surface area (TPSA) is 84.2 Å². The highest BCUT2D eigenvalue weighted by molar-refractivity contribution is 5.80. The monoisotopic (exact) mass is 271 g/mol.